The molecule has 0 spiro atoms. The highest BCUT2D eigenvalue weighted by atomic mass is 32.1. The Morgan fingerprint density at radius 2 is 2.12 bits per heavy atom. The van der Waals surface area contributed by atoms with Crippen molar-refractivity contribution in [3.63, 3.8) is 0 Å². The van der Waals surface area contributed by atoms with Gasteiger partial charge < -0.3 is 10.1 Å². The van der Waals surface area contributed by atoms with Crippen LogP contribution in [0, 0.1) is 0 Å². The summed E-state index contributed by atoms with van der Waals surface area (Å²) in [6, 6.07) is 8.90. The van der Waals surface area contributed by atoms with Crippen LogP contribution in [-0.2, 0) is 11.3 Å². The number of ether oxygens (including phenoxy) is 1. The minimum atomic E-state index is 0.593. The van der Waals surface area contributed by atoms with Crippen LogP contribution in [0.25, 0.3) is 10.2 Å². The van der Waals surface area contributed by atoms with Gasteiger partial charge in [-0.1, -0.05) is 12.1 Å². The van der Waals surface area contributed by atoms with Gasteiger partial charge in [-0.2, -0.15) is 0 Å². The van der Waals surface area contributed by atoms with Crippen molar-refractivity contribution in [1.82, 2.24) is 10.3 Å². The second kappa shape index (κ2) is 5.12. The quantitative estimate of drug-likeness (QED) is 0.906. The molecule has 0 amide bonds. The Hall–Kier alpha value is -0.970. The van der Waals surface area contributed by atoms with E-state index in [4.69, 9.17) is 4.74 Å². The monoisotopic (exact) mass is 248 g/mol. The summed E-state index contributed by atoms with van der Waals surface area (Å²) in [5.74, 6) is 0. The van der Waals surface area contributed by atoms with Crippen molar-refractivity contribution >= 4 is 21.6 Å². The van der Waals surface area contributed by atoms with Gasteiger partial charge in [-0.25, -0.2) is 4.98 Å². The zero-order chi connectivity index (χ0) is 11.5. The fourth-order valence-electron chi connectivity index (χ4n) is 2.13. The molecule has 0 atom stereocenters. The lowest BCUT2D eigenvalue weighted by atomic mass is 10.1. The molecule has 0 aliphatic carbocycles. The Morgan fingerprint density at radius 3 is 2.94 bits per heavy atom. The lowest BCUT2D eigenvalue weighted by Gasteiger charge is -2.22. The summed E-state index contributed by atoms with van der Waals surface area (Å²) in [6.07, 6.45) is 2.23. The normalized spacial score (nSPS) is 17.6. The third-order valence-electron chi connectivity index (χ3n) is 3.10. The molecule has 1 saturated heterocycles. The van der Waals surface area contributed by atoms with Crippen LogP contribution < -0.4 is 5.32 Å². The minimum absolute atomic E-state index is 0.593. The first kappa shape index (κ1) is 11.1. The zero-order valence-corrected chi connectivity index (χ0v) is 10.5. The standard InChI is InChI=1S/C13H16N2OS/c1-2-4-12-11(3-1)15-13(17-12)9-14-10-5-7-16-8-6-10/h1-4,10,14H,5-9H2. The van der Waals surface area contributed by atoms with Crippen molar-refractivity contribution in [3.05, 3.63) is 29.3 Å². The molecule has 1 aromatic heterocycles. The highest BCUT2D eigenvalue weighted by Crippen LogP contribution is 2.21. The molecule has 4 heteroatoms. The first-order valence-corrected chi connectivity index (χ1v) is 6.89. The van der Waals surface area contributed by atoms with Gasteiger partial charge in [0.05, 0.1) is 10.2 Å². The van der Waals surface area contributed by atoms with Crippen LogP contribution in [-0.4, -0.2) is 24.2 Å². The van der Waals surface area contributed by atoms with Crippen molar-refractivity contribution in [2.24, 2.45) is 0 Å². The lowest BCUT2D eigenvalue weighted by molar-refractivity contribution is 0.0776. The Morgan fingerprint density at radius 1 is 1.29 bits per heavy atom. The Kier molecular flexibility index (Phi) is 3.36. The molecule has 90 valence electrons. The Labute approximate surface area is 105 Å². The molecular weight excluding hydrogens is 232 g/mol. The summed E-state index contributed by atoms with van der Waals surface area (Å²) in [5.41, 5.74) is 1.11. The third kappa shape index (κ3) is 2.65. The Bertz CT molecular complexity index is 458. The van der Waals surface area contributed by atoms with E-state index in [-0.39, 0.29) is 0 Å². The van der Waals surface area contributed by atoms with Crippen LogP contribution >= 0.6 is 11.3 Å². The molecule has 0 bridgehead atoms. The van der Waals surface area contributed by atoms with Crippen molar-refractivity contribution in [2.45, 2.75) is 25.4 Å². The fourth-order valence-corrected chi connectivity index (χ4v) is 3.05. The van der Waals surface area contributed by atoms with Crippen LogP contribution in [0.15, 0.2) is 24.3 Å². The van der Waals surface area contributed by atoms with Crippen molar-refractivity contribution in [2.75, 3.05) is 13.2 Å². The van der Waals surface area contributed by atoms with Crippen LogP contribution in [0.2, 0.25) is 0 Å². The summed E-state index contributed by atoms with van der Waals surface area (Å²) in [7, 11) is 0. The van der Waals surface area contributed by atoms with Crippen LogP contribution in [0.1, 0.15) is 17.8 Å². The molecule has 0 unspecified atom stereocenters. The number of hydrogen-bond acceptors (Lipinski definition) is 4. The number of benzene rings is 1. The van der Waals surface area contributed by atoms with Gasteiger partial charge in [0.1, 0.15) is 5.01 Å². The highest BCUT2D eigenvalue weighted by molar-refractivity contribution is 7.18. The molecule has 3 nitrogen and oxygen atoms in total. The van der Waals surface area contributed by atoms with E-state index in [2.05, 4.69) is 28.5 Å². The van der Waals surface area contributed by atoms with Crippen LogP contribution in [0.3, 0.4) is 0 Å². The summed E-state index contributed by atoms with van der Waals surface area (Å²) >= 11 is 1.78. The van der Waals surface area contributed by atoms with Gasteiger partial charge in [-0.15, -0.1) is 11.3 Å². The molecule has 17 heavy (non-hydrogen) atoms. The highest BCUT2D eigenvalue weighted by Gasteiger charge is 2.13. The van der Waals surface area contributed by atoms with Gasteiger partial charge in [0.15, 0.2) is 0 Å². The van der Waals surface area contributed by atoms with E-state index in [1.54, 1.807) is 11.3 Å². The van der Waals surface area contributed by atoms with E-state index < -0.39 is 0 Å². The molecule has 1 N–H and O–H groups in total. The van der Waals surface area contributed by atoms with E-state index in [0.717, 1.165) is 38.1 Å². The maximum absolute atomic E-state index is 5.35. The van der Waals surface area contributed by atoms with E-state index in [9.17, 15) is 0 Å². The van der Waals surface area contributed by atoms with E-state index >= 15 is 0 Å². The van der Waals surface area contributed by atoms with E-state index in [1.165, 1.54) is 9.71 Å². The SMILES string of the molecule is c1ccc2sc(CNC3CCOCC3)nc2c1. The van der Waals surface area contributed by atoms with Crippen LogP contribution in [0.5, 0.6) is 0 Å². The van der Waals surface area contributed by atoms with Crippen molar-refractivity contribution in [3.8, 4) is 0 Å². The molecule has 2 heterocycles. The predicted octanol–water partition coefficient (Wildman–Crippen LogP) is 2.56. The topological polar surface area (TPSA) is 34.1 Å². The molecule has 1 aliphatic rings. The number of nitrogens with zero attached hydrogens (tertiary/aromatic N) is 1. The van der Waals surface area contributed by atoms with Gasteiger partial charge >= 0.3 is 0 Å². The minimum Gasteiger partial charge on any atom is -0.381 e. The zero-order valence-electron chi connectivity index (χ0n) is 9.69. The summed E-state index contributed by atoms with van der Waals surface area (Å²) in [4.78, 5) is 4.62. The third-order valence-corrected chi connectivity index (χ3v) is 4.14. The summed E-state index contributed by atoms with van der Waals surface area (Å²) in [5, 5.41) is 4.75. The van der Waals surface area contributed by atoms with Gasteiger partial charge in [0, 0.05) is 25.8 Å². The molecular formula is C13H16N2OS. The van der Waals surface area contributed by atoms with E-state index in [0.29, 0.717) is 6.04 Å². The average Bonchev–Trinajstić information content (AvgIpc) is 2.80. The molecule has 1 aromatic carbocycles. The molecule has 0 saturated carbocycles. The van der Waals surface area contributed by atoms with Crippen molar-refractivity contribution in [1.29, 1.82) is 0 Å². The predicted molar refractivity (Wildman–Crippen MR) is 70.3 cm³/mol. The maximum Gasteiger partial charge on any atom is 0.108 e. The first-order chi connectivity index (χ1) is 8.42. The van der Waals surface area contributed by atoms with E-state index in [1.807, 2.05) is 6.07 Å². The number of nitrogens with one attached hydrogen (secondary N) is 1. The maximum atomic E-state index is 5.35. The van der Waals surface area contributed by atoms with Gasteiger partial charge in [-0.3, -0.25) is 0 Å². The number of fused-ring (bicyclic) bond motifs is 1. The summed E-state index contributed by atoms with van der Waals surface area (Å²) < 4.78 is 6.62. The van der Waals surface area contributed by atoms with Gasteiger partial charge in [0.25, 0.3) is 0 Å². The van der Waals surface area contributed by atoms with Crippen LogP contribution in [0.4, 0.5) is 0 Å². The van der Waals surface area contributed by atoms with Gasteiger partial charge in [-0.05, 0) is 25.0 Å². The fraction of sp³-hybridized carbons (Fsp3) is 0.462. The second-order valence-corrected chi connectivity index (χ2v) is 5.46. The Balaban J connectivity index is 1.64. The lowest BCUT2D eigenvalue weighted by Crippen LogP contribution is -2.34. The number of aromatic nitrogens is 1. The molecule has 1 aliphatic heterocycles. The molecule has 3 rings (SSSR count). The largest absolute Gasteiger partial charge is 0.381 e. The number of thiazole rings is 1. The number of rotatable bonds is 3. The molecule has 2 aromatic rings. The second-order valence-electron chi connectivity index (χ2n) is 4.34. The van der Waals surface area contributed by atoms with Crippen molar-refractivity contribution < 1.29 is 4.74 Å². The number of para-hydroxylation sites is 1. The average molecular weight is 248 g/mol. The molecule has 1 fully saturated rings. The van der Waals surface area contributed by atoms with Gasteiger partial charge in [0.2, 0.25) is 0 Å². The summed E-state index contributed by atoms with van der Waals surface area (Å²) in [6.45, 7) is 2.65. The smallest absolute Gasteiger partial charge is 0.108 e. The first-order valence-electron chi connectivity index (χ1n) is 6.07. The molecule has 0 radical (unpaired) electrons. The number of hydrogen-bond donors (Lipinski definition) is 1.